The predicted octanol–water partition coefficient (Wildman–Crippen LogP) is 3.59. The van der Waals surface area contributed by atoms with Gasteiger partial charge in [0.2, 0.25) is 0 Å². The maximum atomic E-state index is 14.0. The van der Waals surface area contributed by atoms with Crippen LogP contribution < -0.4 is 5.32 Å². The highest BCUT2D eigenvalue weighted by molar-refractivity contribution is 5.96. The second kappa shape index (κ2) is 7.00. The molecule has 1 heterocycles. The lowest BCUT2D eigenvalue weighted by molar-refractivity contribution is 0.0696. The Hall–Kier alpha value is -3.15. The van der Waals surface area contributed by atoms with Crippen molar-refractivity contribution in [2.75, 3.05) is 6.54 Å². The zero-order chi connectivity index (χ0) is 18.8. The molecule has 3 aromatic rings. The number of carbonyl (C=O) groups excluding carboxylic acids is 1. The van der Waals surface area contributed by atoms with Gasteiger partial charge >= 0.3 is 5.97 Å². The molecule has 1 amide bonds. The number of hydrogen-bond donors (Lipinski definition) is 3. The maximum absolute atomic E-state index is 14.0. The van der Waals surface area contributed by atoms with Crippen LogP contribution in [0.15, 0.2) is 36.4 Å². The van der Waals surface area contributed by atoms with Crippen molar-refractivity contribution < 1.29 is 19.1 Å². The molecule has 0 saturated carbocycles. The number of halogens is 1. The number of rotatable bonds is 5. The van der Waals surface area contributed by atoms with Crippen molar-refractivity contribution in [3.8, 4) is 0 Å². The zero-order valence-corrected chi connectivity index (χ0v) is 14.5. The zero-order valence-electron chi connectivity index (χ0n) is 14.5. The number of amides is 1. The van der Waals surface area contributed by atoms with Gasteiger partial charge in [-0.2, -0.15) is 0 Å². The van der Waals surface area contributed by atoms with E-state index in [0.29, 0.717) is 24.0 Å². The van der Waals surface area contributed by atoms with Gasteiger partial charge in [0, 0.05) is 23.2 Å². The molecule has 0 aliphatic heterocycles. The first-order valence-corrected chi connectivity index (χ1v) is 8.26. The highest BCUT2D eigenvalue weighted by Gasteiger charge is 2.14. The number of carbonyl (C=O) groups is 2. The Bertz CT molecular complexity index is 990. The fourth-order valence-electron chi connectivity index (χ4n) is 3.12. The van der Waals surface area contributed by atoms with Gasteiger partial charge in [-0.1, -0.05) is 6.07 Å². The molecule has 3 rings (SSSR count). The van der Waals surface area contributed by atoms with Gasteiger partial charge in [0.15, 0.2) is 0 Å². The summed E-state index contributed by atoms with van der Waals surface area (Å²) in [6.45, 7) is 4.21. The lowest BCUT2D eigenvalue weighted by Gasteiger charge is -2.07. The Kier molecular flexibility index (Phi) is 4.75. The van der Waals surface area contributed by atoms with Crippen LogP contribution in [0.4, 0.5) is 4.39 Å². The summed E-state index contributed by atoms with van der Waals surface area (Å²) in [5.41, 5.74) is 3.87. The lowest BCUT2D eigenvalue weighted by Crippen LogP contribution is -2.25. The molecule has 2 aromatic carbocycles. The highest BCUT2D eigenvalue weighted by atomic mass is 19.1. The average molecular weight is 354 g/mol. The van der Waals surface area contributed by atoms with Crippen LogP contribution in [0.2, 0.25) is 0 Å². The number of benzene rings is 2. The quantitative estimate of drug-likeness (QED) is 0.655. The number of hydrogen-bond acceptors (Lipinski definition) is 2. The van der Waals surface area contributed by atoms with Crippen LogP contribution in [0.5, 0.6) is 0 Å². The average Bonchev–Trinajstić information content (AvgIpc) is 2.96. The molecule has 0 saturated heterocycles. The molecule has 134 valence electrons. The summed E-state index contributed by atoms with van der Waals surface area (Å²) in [5, 5.41) is 12.6. The summed E-state index contributed by atoms with van der Waals surface area (Å²) < 4.78 is 14.0. The Labute approximate surface area is 149 Å². The van der Waals surface area contributed by atoms with E-state index in [-0.39, 0.29) is 17.3 Å². The molecule has 3 N–H and O–H groups in total. The van der Waals surface area contributed by atoms with Crippen LogP contribution >= 0.6 is 0 Å². The van der Waals surface area contributed by atoms with Crippen molar-refractivity contribution >= 4 is 22.8 Å². The molecule has 0 fully saturated rings. The number of aromatic amines is 1. The summed E-state index contributed by atoms with van der Waals surface area (Å²) in [6.07, 6.45) is 0.565. The van der Waals surface area contributed by atoms with Gasteiger partial charge in [-0.25, -0.2) is 9.18 Å². The van der Waals surface area contributed by atoms with Gasteiger partial charge in [-0.05, 0) is 61.7 Å². The normalized spacial score (nSPS) is 10.9. The standard InChI is InChI=1S/C20H19FN2O3/c1-11-3-8-16(21)18-17(11)15(12(2)23-18)9-10-22-19(24)13-4-6-14(7-5-13)20(25)26/h3-8,23H,9-10H2,1-2H3,(H,22,24)(H,25,26). The van der Waals surface area contributed by atoms with E-state index in [9.17, 15) is 14.0 Å². The number of H-pyrrole nitrogens is 1. The number of aryl methyl sites for hydroxylation is 2. The van der Waals surface area contributed by atoms with Crippen LogP contribution in [0.1, 0.15) is 37.5 Å². The molecule has 0 aliphatic rings. The van der Waals surface area contributed by atoms with Gasteiger partial charge in [-0.15, -0.1) is 0 Å². The number of nitrogens with one attached hydrogen (secondary N) is 2. The predicted molar refractivity (Wildman–Crippen MR) is 97.2 cm³/mol. The summed E-state index contributed by atoms with van der Waals surface area (Å²) in [5.74, 6) is -1.60. The minimum atomic E-state index is -1.03. The molecule has 1 aromatic heterocycles. The molecule has 6 heteroatoms. The number of fused-ring (bicyclic) bond motifs is 1. The van der Waals surface area contributed by atoms with Gasteiger partial charge in [-0.3, -0.25) is 4.79 Å². The number of aromatic nitrogens is 1. The van der Waals surface area contributed by atoms with Crippen molar-refractivity contribution in [1.29, 1.82) is 0 Å². The van der Waals surface area contributed by atoms with Crippen LogP contribution in [0, 0.1) is 19.7 Å². The third-order valence-electron chi connectivity index (χ3n) is 4.48. The number of carboxylic acid groups (broad SMARTS) is 1. The van der Waals surface area contributed by atoms with E-state index in [4.69, 9.17) is 5.11 Å². The van der Waals surface area contributed by atoms with Crippen molar-refractivity contribution in [1.82, 2.24) is 10.3 Å². The summed E-state index contributed by atoms with van der Waals surface area (Å²) in [6, 6.07) is 8.95. The molecule has 0 bridgehead atoms. The van der Waals surface area contributed by atoms with Crippen LogP contribution in [-0.2, 0) is 6.42 Å². The summed E-state index contributed by atoms with van der Waals surface area (Å²) in [7, 11) is 0. The van der Waals surface area contributed by atoms with E-state index in [2.05, 4.69) is 10.3 Å². The molecule has 0 aliphatic carbocycles. The topological polar surface area (TPSA) is 82.2 Å². The minimum absolute atomic E-state index is 0.133. The molecule has 0 atom stereocenters. The second-order valence-electron chi connectivity index (χ2n) is 6.23. The summed E-state index contributed by atoms with van der Waals surface area (Å²) >= 11 is 0. The van der Waals surface area contributed by atoms with Gasteiger partial charge in [0.1, 0.15) is 5.82 Å². The van der Waals surface area contributed by atoms with Crippen molar-refractivity contribution in [3.63, 3.8) is 0 Å². The highest BCUT2D eigenvalue weighted by Crippen LogP contribution is 2.27. The molecule has 0 unspecified atom stereocenters. The minimum Gasteiger partial charge on any atom is -0.478 e. The Balaban J connectivity index is 1.71. The number of carboxylic acids is 1. The first-order chi connectivity index (χ1) is 12.4. The molecule has 0 radical (unpaired) electrons. The van der Waals surface area contributed by atoms with Crippen molar-refractivity contribution in [3.05, 3.63) is 70.2 Å². The second-order valence-corrected chi connectivity index (χ2v) is 6.23. The van der Waals surface area contributed by atoms with E-state index < -0.39 is 5.97 Å². The first-order valence-electron chi connectivity index (χ1n) is 8.26. The van der Waals surface area contributed by atoms with E-state index in [1.165, 1.54) is 30.3 Å². The third kappa shape index (κ3) is 3.31. The van der Waals surface area contributed by atoms with E-state index in [1.807, 2.05) is 13.8 Å². The van der Waals surface area contributed by atoms with Gasteiger partial charge in [0.05, 0.1) is 11.1 Å². The van der Waals surface area contributed by atoms with Crippen molar-refractivity contribution in [2.24, 2.45) is 0 Å². The number of aromatic carboxylic acids is 1. The summed E-state index contributed by atoms with van der Waals surface area (Å²) in [4.78, 5) is 26.1. The molecular weight excluding hydrogens is 335 g/mol. The fourth-order valence-corrected chi connectivity index (χ4v) is 3.12. The first kappa shape index (κ1) is 17.7. The van der Waals surface area contributed by atoms with E-state index in [1.54, 1.807) is 6.07 Å². The van der Waals surface area contributed by atoms with Gasteiger partial charge in [0.25, 0.3) is 5.91 Å². The maximum Gasteiger partial charge on any atom is 0.335 e. The SMILES string of the molecule is Cc1[nH]c2c(F)ccc(C)c2c1CCNC(=O)c1ccc(C(=O)O)cc1. The Morgan fingerprint density at radius 1 is 1.08 bits per heavy atom. The van der Waals surface area contributed by atoms with Crippen LogP contribution in [0.3, 0.4) is 0 Å². The Morgan fingerprint density at radius 2 is 1.73 bits per heavy atom. The van der Waals surface area contributed by atoms with E-state index >= 15 is 0 Å². The van der Waals surface area contributed by atoms with Gasteiger partial charge < -0.3 is 15.4 Å². The molecule has 0 spiro atoms. The monoisotopic (exact) mass is 354 g/mol. The molecule has 5 nitrogen and oxygen atoms in total. The fraction of sp³-hybridized carbons (Fsp3) is 0.200. The Morgan fingerprint density at radius 3 is 2.38 bits per heavy atom. The third-order valence-corrected chi connectivity index (χ3v) is 4.48. The molecule has 26 heavy (non-hydrogen) atoms. The molecular formula is C20H19FN2O3. The lowest BCUT2D eigenvalue weighted by atomic mass is 10.0. The van der Waals surface area contributed by atoms with Crippen LogP contribution in [0.25, 0.3) is 10.9 Å². The largest absolute Gasteiger partial charge is 0.478 e. The smallest absolute Gasteiger partial charge is 0.335 e. The van der Waals surface area contributed by atoms with E-state index in [0.717, 1.165) is 22.2 Å². The van der Waals surface area contributed by atoms with Crippen LogP contribution in [-0.4, -0.2) is 28.5 Å². The van der Waals surface area contributed by atoms with Crippen molar-refractivity contribution in [2.45, 2.75) is 20.3 Å².